The van der Waals surface area contributed by atoms with E-state index < -0.39 is 0 Å². The maximum absolute atomic E-state index is 12.0. The van der Waals surface area contributed by atoms with Crippen molar-refractivity contribution < 1.29 is 14.4 Å². The fourth-order valence-electron chi connectivity index (χ4n) is 2.04. The molecule has 0 bridgehead atoms. The summed E-state index contributed by atoms with van der Waals surface area (Å²) in [5.74, 6) is -0.631. The third kappa shape index (κ3) is 5.47. The van der Waals surface area contributed by atoms with Crippen molar-refractivity contribution >= 4 is 46.2 Å². The summed E-state index contributed by atoms with van der Waals surface area (Å²) in [6.07, 6.45) is 0.220. The Bertz CT molecular complexity index is 731. The van der Waals surface area contributed by atoms with Gasteiger partial charge in [0.1, 0.15) is 0 Å². The molecule has 0 saturated carbocycles. The quantitative estimate of drug-likeness (QED) is 0.765. The molecule has 0 spiro atoms. The van der Waals surface area contributed by atoms with Crippen LogP contribution >= 0.6 is 22.9 Å². The van der Waals surface area contributed by atoms with Crippen LogP contribution in [0.3, 0.4) is 0 Å². The average molecular weight is 365 g/mol. The molecule has 5 nitrogen and oxygen atoms in total. The van der Waals surface area contributed by atoms with Gasteiger partial charge in [0.25, 0.3) is 0 Å². The van der Waals surface area contributed by atoms with Crippen LogP contribution in [0.1, 0.15) is 22.5 Å². The lowest BCUT2D eigenvalue weighted by atomic mass is 10.2. The molecule has 0 aliphatic carbocycles. The number of likely N-dealkylation sites (N-methyl/N-ethyl adjacent to an activating group) is 1. The highest BCUT2D eigenvalue weighted by molar-refractivity contribution is 7.12. The van der Waals surface area contributed by atoms with Crippen LogP contribution in [-0.4, -0.2) is 36.1 Å². The topological polar surface area (TPSA) is 66.5 Å². The first-order valence-electron chi connectivity index (χ1n) is 7.32. The lowest BCUT2D eigenvalue weighted by Crippen LogP contribution is -2.35. The van der Waals surface area contributed by atoms with E-state index in [0.717, 1.165) is 0 Å². The molecule has 24 heavy (non-hydrogen) atoms. The zero-order valence-corrected chi connectivity index (χ0v) is 14.7. The summed E-state index contributed by atoms with van der Waals surface area (Å²) in [6.45, 7) is -0.0848. The smallest absolute Gasteiger partial charge is 0.243 e. The summed E-state index contributed by atoms with van der Waals surface area (Å²) in [7, 11) is 1.54. The van der Waals surface area contributed by atoms with Crippen molar-refractivity contribution in [1.82, 2.24) is 4.90 Å². The zero-order valence-electron chi connectivity index (χ0n) is 13.1. The predicted octanol–water partition coefficient (Wildman–Crippen LogP) is 3.46. The minimum atomic E-state index is -0.322. The lowest BCUT2D eigenvalue weighted by Gasteiger charge is -2.16. The van der Waals surface area contributed by atoms with Crippen LogP contribution in [0.2, 0.25) is 5.02 Å². The van der Waals surface area contributed by atoms with Crippen LogP contribution in [0, 0.1) is 0 Å². The zero-order chi connectivity index (χ0) is 17.5. The van der Waals surface area contributed by atoms with Gasteiger partial charge in [-0.3, -0.25) is 14.4 Å². The Morgan fingerprint density at radius 3 is 2.62 bits per heavy atom. The van der Waals surface area contributed by atoms with E-state index in [1.165, 1.54) is 23.3 Å². The van der Waals surface area contributed by atoms with E-state index in [9.17, 15) is 14.4 Å². The highest BCUT2D eigenvalue weighted by Crippen LogP contribution is 2.15. The molecule has 2 amide bonds. The number of carbonyl (C=O) groups is 3. The van der Waals surface area contributed by atoms with Crippen molar-refractivity contribution in [3.8, 4) is 0 Å². The number of nitrogens with one attached hydrogen (secondary N) is 1. The fraction of sp³-hybridized carbons (Fsp3) is 0.235. The largest absolute Gasteiger partial charge is 0.336 e. The van der Waals surface area contributed by atoms with Gasteiger partial charge < -0.3 is 10.2 Å². The molecule has 0 aliphatic heterocycles. The molecular weight excluding hydrogens is 348 g/mol. The van der Waals surface area contributed by atoms with E-state index in [-0.39, 0.29) is 37.0 Å². The SMILES string of the molecule is CN(CC(=O)Nc1cccc(Cl)c1)C(=O)CCC(=O)c1cccs1. The molecular formula is C17H17ClN2O3S. The molecule has 0 radical (unpaired) electrons. The molecule has 126 valence electrons. The van der Waals surface area contributed by atoms with Crippen LogP contribution < -0.4 is 5.32 Å². The second-order valence-corrected chi connectivity index (χ2v) is 6.59. The number of Topliss-reactive ketones (excluding diaryl/α,β-unsaturated/α-hetero) is 1. The number of anilines is 1. The van der Waals surface area contributed by atoms with Gasteiger partial charge in [0.15, 0.2) is 5.78 Å². The number of nitrogens with zero attached hydrogens (tertiary/aromatic N) is 1. The number of thiophene rings is 1. The number of halogens is 1. The van der Waals surface area contributed by atoms with Crippen molar-refractivity contribution in [2.45, 2.75) is 12.8 Å². The van der Waals surface area contributed by atoms with Gasteiger partial charge in [0, 0.05) is 30.6 Å². The van der Waals surface area contributed by atoms with Crippen molar-refractivity contribution in [3.05, 3.63) is 51.7 Å². The number of hydrogen-bond donors (Lipinski definition) is 1. The van der Waals surface area contributed by atoms with Gasteiger partial charge in [-0.15, -0.1) is 11.3 Å². The van der Waals surface area contributed by atoms with Gasteiger partial charge in [-0.2, -0.15) is 0 Å². The van der Waals surface area contributed by atoms with E-state index >= 15 is 0 Å². The number of hydrogen-bond acceptors (Lipinski definition) is 4. The average Bonchev–Trinajstić information content (AvgIpc) is 3.06. The minimum Gasteiger partial charge on any atom is -0.336 e. The molecule has 2 rings (SSSR count). The molecule has 1 heterocycles. The Kier molecular flexibility index (Phi) is 6.52. The minimum absolute atomic E-state index is 0.0601. The normalized spacial score (nSPS) is 10.2. The molecule has 0 saturated heterocycles. The van der Waals surface area contributed by atoms with Crippen molar-refractivity contribution in [2.24, 2.45) is 0 Å². The van der Waals surface area contributed by atoms with Gasteiger partial charge in [-0.05, 0) is 29.6 Å². The second-order valence-electron chi connectivity index (χ2n) is 5.21. The van der Waals surface area contributed by atoms with Crippen LogP contribution in [0.4, 0.5) is 5.69 Å². The number of amides is 2. The van der Waals surface area contributed by atoms with Gasteiger partial charge in [0.05, 0.1) is 11.4 Å². The predicted molar refractivity (Wildman–Crippen MR) is 95.6 cm³/mol. The van der Waals surface area contributed by atoms with E-state index in [1.54, 1.807) is 36.4 Å². The van der Waals surface area contributed by atoms with E-state index in [0.29, 0.717) is 15.6 Å². The van der Waals surface area contributed by atoms with Crippen LogP contribution in [0.15, 0.2) is 41.8 Å². The molecule has 1 N–H and O–H groups in total. The maximum atomic E-state index is 12.0. The number of benzene rings is 1. The Morgan fingerprint density at radius 2 is 1.96 bits per heavy atom. The van der Waals surface area contributed by atoms with Gasteiger partial charge >= 0.3 is 0 Å². The van der Waals surface area contributed by atoms with Crippen molar-refractivity contribution in [3.63, 3.8) is 0 Å². The third-order valence-corrected chi connectivity index (χ3v) is 4.42. The summed E-state index contributed by atoms with van der Waals surface area (Å²) < 4.78 is 0. The Labute approximate surface area is 149 Å². The third-order valence-electron chi connectivity index (χ3n) is 3.28. The summed E-state index contributed by atoms with van der Waals surface area (Å²) in [4.78, 5) is 37.8. The number of carbonyl (C=O) groups excluding carboxylic acids is 3. The van der Waals surface area contributed by atoms with E-state index in [4.69, 9.17) is 11.6 Å². The number of ketones is 1. The highest BCUT2D eigenvalue weighted by atomic mass is 35.5. The molecule has 7 heteroatoms. The molecule has 1 aromatic heterocycles. The molecule has 1 aromatic carbocycles. The first kappa shape index (κ1) is 18.2. The fourth-order valence-corrected chi connectivity index (χ4v) is 2.93. The molecule has 0 fully saturated rings. The Morgan fingerprint density at radius 1 is 1.17 bits per heavy atom. The first-order valence-corrected chi connectivity index (χ1v) is 8.57. The van der Waals surface area contributed by atoms with Crippen LogP contribution in [-0.2, 0) is 9.59 Å². The molecule has 0 aliphatic rings. The van der Waals surface area contributed by atoms with Gasteiger partial charge in [0.2, 0.25) is 11.8 Å². The Balaban J connectivity index is 1.78. The summed E-state index contributed by atoms with van der Waals surface area (Å²) in [5.41, 5.74) is 0.571. The molecule has 2 aromatic rings. The first-order chi connectivity index (χ1) is 11.5. The maximum Gasteiger partial charge on any atom is 0.243 e. The van der Waals surface area contributed by atoms with Crippen LogP contribution in [0.25, 0.3) is 0 Å². The summed E-state index contributed by atoms with van der Waals surface area (Å²) >= 11 is 7.21. The van der Waals surface area contributed by atoms with Gasteiger partial charge in [-0.1, -0.05) is 23.7 Å². The van der Waals surface area contributed by atoms with Gasteiger partial charge in [-0.25, -0.2) is 0 Å². The van der Waals surface area contributed by atoms with Crippen LogP contribution in [0.5, 0.6) is 0 Å². The summed E-state index contributed by atoms with van der Waals surface area (Å²) in [5, 5.41) is 5.01. The lowest BCUT2D eigenvalue weighted by molar-refractivity contribution is -0.133. The molecule has 0 atom stereocenters. The molecule has 0 unspecified atom stereocenters. The van der Waals surface area contributed by atoms with E-state index in [1.807, 2.05) is 5.38 Å². The number of rotatable bonds is 7. The van der Waals surface area contributed by atoms with E-state index in [2.05, 4.69) is 5.32 Å². The highest BCUT2D eigenvalue weighted by Gasteiger charge is 2.15. The van der Waals surface area contributed by atoms with Crippen molar-refractivity contribution in [1.29, 1.82) is 0 Å². The summed E-state index contributed by atoms with van der Waals surface area (Å²) in [6, 6.07) is 10.3. The second kappa shape index (κ2) is 8.61. The monoisotopic (exact) mass is 364 g/mol. The standard InChI is InChI=1S/C17H17ClN2O3S/c1-20(11-16(22)19-13-5-2-4-12(18)10-13)17(23)8-7-14(21)15-6-3-9-24-15/h2-6,9-10H,7-8,11H2,1H3,(H,19,22). The Hall–Kier alpha value is -2.18. The van der Waals surface area contributed by atoms with Crippen molar-refractivity contribution in [2.75, 3.05) is 18.9 Å².